The van der Waals surface area contributed by atoms with Gasteiger partial charge in [-0.15, -0.1) is 6.58 Å². The molecule has 2 aliphatic carbocycles. The number of guanidine groups is 1. The van der Waals surface area contributed by atoms with Gasteiger partial charge in [-0.05, 0) is 56.6 Å². The molecule has 3 fully saturated rings. The second-order valence-corrected chi connectivity index (χ2v) is 15.3. The van der Waals surface area contributed by atoms with Crippen LogP contribution in [-0.4, -0.2) is 155 Å². The number of aliphatic imine (C=N–C) groups is 1. The number of nitrogens with two attached hydrogens (primary N) is 1. The van der Waals surface area contributed by atoms with Gasteiger partial charge in [0.1, 0.15) is 18.3 Å². The maximum absolute atomic E-state index is 14.1. The Morgan fingerprint density at radius 3 is 2.57 bits per heavy atom. The van der Waals surface area contributed by atoms with Crippen molar-refractivity contribution in [1.82, 2.24) is 15.5 Å². The maximum Gasteiger partial charge on any atom is 0.339 e. The van der Waals surface area contributed by atoms with Crippen molar-refractivity contribution < 1.29 is 69.0 Å². The van der Waals surface area contributed by atoms with E-state index in [1.807, 2.05) is 0 Å². The summed E-state index contributed by atoms with van der Waals surface area (Å²) >= 11 is 0. The zero-order chi connectivity index (χ0) is 42.0. The third kappa shape index (κ3) is 10.5. The zero-order valence-corrected chi connectivity index (χ0v) is 32.8. The Morgan fingerprint density at radius 1 is 1.16 bits per heavy atom. The standard InChI is InChI=1S/C39H59N5O14/c1-3-25-26(8-7-23-18-44(14-16-46)19-27(33(49)50)30(23)43-37(40)42-13-6-15-45)28(34(51)56-24-9-12-38(17-24)10-4-5-11-38)21-54-35(25)58-36-32(55-22-41-2)39(52,53)31(48)29(20-47)57-36/h3,7-8,19,21,24-26,29,31-32,35-36,41,45-48,52-53H,1,4-6,9-18,20,22H2,2H3,(H,49,50)(H3,40,42,43)/b8-7+/t24-,25-,26+,29-,31-,32+,35+,36+/m1/s1. The van der Waals surface area contributed by atoms with E-state index in [0.717, 1.165) is 44.9 Å². The lowest BCUT2D eigenvalue weighted by Crippen LogP contribution is -2.69. The second-order valence-electron chi connectivity index (χ2n) is 15.3. The molecular formula is C39H59N5O14. The topological polar surface area (TPSA) is 288 Å². The number of nitrogens with zero attached hydrogens (tertiary/aromatic N) is 2. The highest BCUT2D eigenvalue weighted by Gasteiger charge is 2.57. The number of ether oxygens (including phenoxy) is 5. The van der Waals surface area contributed by atoms with Gasteiger partial charge in [-0.2, -0.15) is 0 Å². The van der Waals surface area contributed by atoms with E-state index in [9.17, 15) is 45.3 Å². The molecule has 19 nitrogen and oxygen atoms in total. The average molecular weight is 822 g/mol. The molecule has 0 aromatic heterocycles. The van der Waals surface area contributed by atoms with Crippen molar-refractivity contribution in [3.8, 4) is 0 Å². The predicted octanol–water partition coefficient (Wildman–Crippen LogP) is -0.988. The van der Waals surface area contributed by atoms with Crippen LogP contribution in [0.1, 0.15) is 51.4 Å². The number of carbonyl (C=O) groups is 2. The smallest absolute Gasteiger partial charge is 0.339 e. The van der Waals surface area contributed by atoms with E-state index in [1.165, 1.54) is 18.5 Å². The molecule has 58 heavy (non-hydrogen) atoms. The number of allylic oxidation sites excluding steroid dienone is 1. The first-order valence-corrected chi connectivity index (χ1v) is 19.7. The Labute approximate surface area is 337 Å². The first-order valence-electron chi connectivity index (χ1n) is 19.7. The van der Waals surface area contributed by atoms with Crippen LogP contribution in [0.5, 0.6) is 0 Å². The molecule has 3 aliphatic heterocycles. The van der Waals surface area contributed by atoms with Crippen molar-refractivity contribution in [2.24, 2.45) is 28.0 Å². The molecule has 3 heterocycles. The van der Waals surface area contributed by atoms with Gasteiger partial charge >= 0.3 is 11.9 Å². The van der Waals surface area contributed by atoms with Gasteiger partial charge in [0.25, 0.3) is 0 Å². The van der Waals surface area contributed by atoms with E-state index >= 15 is 0 Å². The first-order chi connectivity index (χ1) is 27.8. The van der Waals surface area contributed by atoms with Gasteiger partial charge in [0.2, 0.25) is 12.1 Å². The molecule has 5 rings (SSSR count). The molecular weight excluding hydrogens is 762 g/mol. The Morgan fingerprint density at radius 2 is 1.91 bits per heavy atom. The number of hydrogen-bond donors (Lipinski definition) is 10. The van der Waals surface area contributed by atoms with Gasteiger partial charge in [0.15, 0.2) is 18.4 Å². The van der Waals surface area contributed by atoms with Crippen molar-refractivity contribution in [2.75, 3.05) is 53.2 Å². The van der Waals surface area contributed by atoms with Crippen LogP contribution in [0.4, 0.5) is 0 Å². The molecule has 5 aliphatic rings. The van der Waals surface area contributed by atoms with Gasteiger partial charge in [-0.3, -0.25) is 10.3 Å². The number of aliphatic hydroxyl groups is 6. The van der Waals surface area contributed by atoms with Crippen LogP contribution in [0.15, 0.2) is 64.7 Å². The molecule has 0 aromatic rings. The largest absolute Gasteiger partial charge is 0.478 e. The molecule has 2 saturated carbocycles. The summed E-state index contributed by atoms with van der Waals surface area (Å²) in [6, 6.07) is 0. The van der Waals surface area contributed by atoms with Crippen LogP contribution < -0.4 is 16.4 Å². The van der Waals surface area contributed by atoms with Crippen LogP contribution in [0.2, 0.25) is 0 Å². The van der Waals surface area contributed by atoms with E-state index in [0.29, 0.717) is 12.0 Å². The predicted molar refractivity (Wildman–Crippen MR) is 205 cm³/mol. The molecule has 0 aromatic carbocycles. The number of carbonyl (C=O) groups excluding carboxylic acids is 1. The van der Waals surface area contributed by atoms with Crippen LogP contribution in [-0.2, 0) is 33.3 Å². The number of carboxylic acids is 1. The van der Waals surface area contributed by atoms with E-state index in [1.54, 1.807) is 24.1 Å². The highest BCUT2D eigenvalue weighted by atomic mass is 16.8. The van der Waals surface area contributed by atoms with E-state index in [-0.39, 0.29) is 73.9 Å². The summed E-state index contributed by atoms with van der Waals surface area (Å²) in [5.41, 5.74) is 6.73. The molecule has 1 spiro atoms. The fraction of sp³-hybridized carbons (Fsp3) is 0.667. The quantitative estimate of drug-likeness (QED) is 0.0198. The summed E-state index contributed by atoms with van der Waals surface area (Å²) in [5, 5.41) is 77.2. The first kappa shape index (κ1) is 45.2. The lowest BCUT2D eigenvalue weighted by molar-refractivity contribution is -0.410. The van der Waals surface area contributed by atoms with Crippen molar-refractivity contribution in [3.63, 3.8) is 0 Å². The molecule has 1 saturated heterocycles. The number of rotatable bonds is 18. The summed E-state index contributed by atoms with van der Waals surface area (Å²) in [4.78, 5) is 32.5. The van der Waals surface area contributed by atoms with Crippen LogP contribution in [0.3, 0.4) is 0 Å². The monoisotopic (exact) mass is 821 g/mol. The number of hydrogen-bond acceptors (Lipinski definition) is 16. The second kappa shape index (κ2) is 20.4. The fourth-order valence-electron chi connectivity index (χ4n) is 8.39. The third-order valence-corrected chi connectivity index (χ3v) is 11.4. The van der Waals surface area contributed by atoms with Crippen molar-refractivity contribution >= 4 is 17.9 Å². The van der Waals surface area contributed by atoms with Gasteiger partial charge in [0.05, 0.1) is 49.0 Å². The lowest BCUT2D eigenvalue weighted by atomic mass is 9.83. The average Bonchev–Trinajstić information content (AvgIpc) is 3.83. The number of nitrogens with one attached hydrogen (secondary N) is 2. The number of aliphatic carboxylic acids is 1. The molecule has 324 valence electrons. The minimum Gasteiger partial charge on any atom is -0.478 e. The highest BCUT2D eigenvalue weighted by Crippen LogP contribution is 2.51. The summed E-state index contributed by atoms with van der Waals surface area (Å²) in [5.74, 6) is -6.79. The third-order valence-electron chi connectivity index (χ3n) is 11.4. The number of aliphatic hydroxyl groups excluding tert-OH is 4. The van der Waals surface area contributed by atoms with Crippen molar-refractivity contribution in [1.29, 1.82) is 0 Å². The molecule has 0 radical (unpaired) electrons. The van der Waals surface area contributed by atoms with E-state index in [4.69, 9.17) is 29.4 Å². The summed E-state index contributed by atoms with van der Waals surface area (Å²) < 4.78 is 29.7. The van der Waals surface area contributed by atoms with Gasteiger partial charge < -0.3 is 75.4 Å². The van der Waals surface area contributed by atoms with Crippen LogP contribution >= 0.6 is 0 Å². The molecule has 0 amide bonds. The van der Waals surface area contributed by atoms with Crippen LogP contribution in [0.25, 0.3) is 0 Å². The molecule has 0 bridgehead atoms. The normalized spacial score (nSPS) is 30.9. The van der Waals surface area contributed by atoms with Crippen molar-refractivity contribution in [3.05, 3.63) is 59.7 Å². The van der Waals surface area contributed by atoms with Gasteiger partial charge in [-0.1, -0.05) is 31.1 Å². The minimum atomic E-state index is -2.94. The minimum absolute atomic E-state index is 0.0976. The molecule has 19 heteroatoms. The Bertz CT molecular complexity index is 1610. The number of esters is 1. The van der Waals surface area contributed by atoms with E-state index in [2.05, 4.69) is 22.2 Å². The number of β-amino-alcohol motifs (C(OH)–C–C–N with tert-alkyl or cyclic N) is 1. The zero-order valence-electron chi connectivity index (χ0n) is 32.8. The summed E-state index contributed by atoms with van der Waals surface area (Å²) in [7, 11) is 1.54. The summed E-state index contributed by atoms with van der Waals surface area (Å²) in [6.45, 7) is 2.97. The van der Waals surface area contributed by atoms with Gasteiger partial charge in [0, 0.05) is 38.4 Å². The maximum atomic E-state index is 14.1. The summed E-state index contributed by atoms with van der Waals surface area (Å²) in [6.07, 6.45) is 6.09. The number of carboxylic acid groups (broad SMARTS) is 1. The Kier molecular flexibility index (Phi) is 15.9. The van der Waals surface area contributed by atoms with E-state index < -0.39 is 67.1 Å². The fourth-order valence-corrected chi connectivity index (χ4v) is 8.39. The SMILES string of the molecule is C=C[C@H]1[C@H](O[C@@H]2O[C@H](CO)[C@@H](O)C(O)(O)[C@H]2OCNC)OC=C(C(=O)O[C@@H]2CCC3(CCCC3)C2)[C@H]1/C=C/C1=C(NC(N)=NCCCO)C(C(=O)O)=CN(CCO)C1. The molecule has 8 atom stereocenters. The lowest BCUT2D eigenvalue weighted by Gasteiger charge is -2.47. The van der Waals surface area contributed by atoms with Crippen molar-refractivity contribution in [2.45, 2.75) is 94.1 Å². The molecule has 0 unspecified atom stereocenters. The Balaban J connectivity index is 1.52. The van der Waals surface area contributed by atoms with Gasteiger partial charge in [-0.25, -0.2) is 9.59 Å². The molecule has 11 N–H and O–H groups in total. The van der Waals surface area contributed by atoms with Crippen LogP contribution in [0, 0.1) is 17.3 Å². The highest BCUT2D eigenvalue weighted by molar-refractivity contribution is 5.95. The Hall–Kier alpha value is -3.89.